The summed E-state index contributed by atoms with van der Waals surface area (Å²) in [6, 6.07) is 8.96. The molecule has 1 aliphatic rings. The van der Waals surface area contributed by atoms with E-state index in [1.54, 1.807) is 29.0 Å². The van der Waals surface area contributed by atoms with Crippen LogP contribution in [-0.2, 0) is 4.74 Å². The van der Waals surface area contributed by atoms with Crippen molar-refractivity contribution in [2.75, 3.05) is 39.9 Å². The van der Waals surface area contributed by atoms with E-state index < -0.39 is 0 Å². The maximum Gasteiger partial charge on any atom is 0.415 e. The number of nitrogens with one attached hydrogen (secondary N) is 1. The van der Waals surface area contributed by atoms with Crippen LogP contribution >= 0.6 is 0 Å². The Hall–Kier alpha value is -2.28. The van der Waals surface area contributed by atoms with Gasteiger partial charge in [0.15, 0.2) is 0 Å². The van der Waals surface area contributed by atoms with Crippen LogP contribution in [0.4, 0.5) is 9.59 Å². The molecule has 138 valence electrons. The van der Waals surface area contributed by atoms with Crippen LogP contribution in [0.3, 0.4) is 0 Å². The third kappa shape index (κ3) is 6.26. The SMILES string of the molecule is COCCC(C)NC(=O)N1CCCN(C(=O)Oc2ccccc2)CC1. The maximum absolute atomic E-state index is 12.3. The number of rotatable bonds is 5. The van der Waals surface area contributed by atoms with Crippen molar-refractivity contribution in [1.82, 2.24) is 15.1 Å². The van der Waals surface area contributed by atoms with Gasteiger partial charge in [-0.05, 0) is 31.9 Å². The van der Waals surface area contributed by atoms with E-state index in [0.29, 0.717) is 38.5 Å². The fraction of sp³-hybridized carbons (Fsp3) is 0.556. The molecule has 0 radical (unpaired) electrons. The predicted octanol–water partition coefficient (Wildman–Crippen LogP) is 2.33. The molecule has 1 aromatic rings. The Morgan fingerprint density at radius 3 is 2.52 bits per heavy atom. The van der Waals surface area contributed by atoms with Gasteiger partial charge >= 0.3 is 12.1 Å². The topological polar surface area (TPSA) is 71.1 Å². The monoisotopic (exact) mass is 349 g/mol. The van der Waals surface area contributed by atoms with Crippen LogP contribution in [0.5, 0.6) is 5.75 Å². The number of ether oxygens (including phenoxy) is 2. The molecule has 3 amide bonds. The number of hydrogen-bond acceptors (Lipinski definition) is 4. The lowest BCUT2D eigenvalue weighted by Gasteiger charge is -2.24. The minimum atomic E-state index is -0.373. The van der Waals surface area contributed by atoms with E-state index in [0.717, 1.165) is 12.8 Å². The van der Waals surface area contributed by atoms with Gasteiger partial charge in [-0.3, -0.25) is 0 Å². The Morgan fingerprint density at radius 2 is 1.80 bits per heavy atom. The zero-order valence-electron chi connectivity index (χ0n) is 14.9. The summed E-state index contributed by atoms with van der Waals surface area (Å²) in [5.41, 5.74) is 0. The molecule has 0 bridgehead atoms. The molecule has 1 fully saturated rings. The van der Waals surface area contributed by atoms with Gasteiger partial charge in [-0.25, -0.2) is 9.59 Å². The van der Waals surface area contributed by atoms with Gasteiger partial charge < -0.3 is 24.6 Å². The number of nitrogens with zero attached hydrogens (tertiary/aromatic N) is 2. The summed E-state index contributed by atoms with van der Waals surface area (Å²) in [6.07, 6.45) is 1.12. The summed E-state index contributed by atoms with van der Waals surface area (Å²) in [4.78, 5) is 28.0. The Labute approximate surface area is 148 Å². The first-order valence-corrected chi connectivity index (χ1v) is 8.66. The predicted molar refractivity (Wildman–Crippen MR) is 94.7 cm³/mol. The summed E-state index contributed by atoms with van der Waals surface area (Å²) in [6.45, 7) is 4.73. The fourth-order valence-corrected chi connectivity index (χ4v) is 2.63. The molecule has 0 aromatic heterocycles. The lowest BCUT2D eigenvalue weighted by Crippen LogP contribution is -2.46. The molecule has 2 rings (SSSR count). The summed E-state index contributed by atoms with van der Waals surface area (Å²) < 4.78 is 10.4. The van der Waals surface area contributed by atoms with Gasteiger partial charge in [-0.15, -0.1) is 0 Å². The molecule has 0 aliphatic carbocycles. The van der Waals surface area contributed by atoms with Gasteiger partial charge in [0.2, 0.25) is 0 Å². The molecular weight excluding hydrogens is 322 g/mol. The van der Waals surface area contributed by atoms with Crippen LogP contribution in [0.25, 0.3) is 0 Å². The molecule has 25 heavy (non-hydrogen) atoms. The highest BCUT2D eigenvalue weighted by Crippen LogP contribution is 2.12. The molecule has 0 saturated carbocycles. The van der Waals surface area contributed by atoms with E-state index in [1.165, 1.54) is 0 Å². The van der Waals surface area contributed by atoms with E-state index in [2.05, 4.69) is 5.32 Å². The zero-order valence-corrected chi connectivity index (χ0v) is 14.9. The number of amides is 3. The first-order chi connectivity index (χ1) is 12.1. The second-order valence-electron chi connectivity index (χ2n) is 6.14. The van der Waals surface area contributed by atoms with Crippen molar-refractivity contribution >= 4 is 12.1 Å². The van der Waals surface area contributed by atoms with Gasteiger partial charge in [0.05, 0.1) is 0 Å². The van der Waals surface area contributed by atoms with Crippen molar-refractivity contribution in [3.8, 4) is 5.75 Å². The van der Waals surface area contributed by atoms with Crippen molar-refractivity contribution in [2.45, 2.75) is 25.8 Å². The van der Waals surface area contributed by atoms with E-state index >= 15 is 0 Å². The van der Waals surface area contributed by atoms with Gasteiger partial charge in [0.1, 0.15) is 5.75 Å². The number of benzene rings is 1. The standard InChI is InChI=1S/C18H27N3O4/c1-15(9-14-24-2)19-17(22)20-10-6-11-21(13-12-20)18(23)25-16-7-4-3-5-8-16/h3-5,7-8,15H,6,9-14H2,1-2H3,(H,19,22). The maximum atomic E-state index is 12.3. The largest absolute Gasteiger partial charge is 0.415 e. The van der Waals surface area contributed by atoms with Crippen LogP contribution < -0.4 is 10.1 Å². The fourth-order valence-electron chi connectivity index (χ4n) is 2.63. The first-order valence-electron chi connectivity index (χ1n) is 8.66. The number of urea groups is 1. The molecule has 1 saturated heterocycles. The Kier molecular flexibility index (Phi) is 7.53. The van der Waals surface area contributed by atoms with Gasteiger partial charge in [-0.2, -0.15) is 0 Å². The quantitative estimate of drug-likeness (QED) is 0.886. The molecule has 1 atom stereocenters. The van der Waals surface area contributed by atoms with Crippen LogP contribution in [0.15, 0.2) is 30.3 Å². The molecule has 0 spiro atoms. The number of para-hydroxylation sites is 1. The minimum Gasteiger partial charge on any atom is -0.410 e. The molecule has 1 aromatic carbocycles. The van der Waals surface area contributed by atoms with Gasteiger partial charge in [0, 0.05) is 45.9 Å². The molecule has 1 N–H and O–H groups in total. The average Bonchev–Trinajstić information content (AvgIpc) is 2.87. The molecular formula is C18H27N3O4. The minimum absolute atomic E-state index is 0.0508. The average molecular weight is 349 g/mol. The van der Waals surface area contributed by atoms with Gasteiger partial charge in [-0.1, -0.05) is 18.2 Å². The van der Waals surface area contributed by atoms with E-state index in [9.17, 15) is 9.59 Å². The highest BCUT2D eigenvalue weighted by molar-refractivity contribution is 5.75. The first kappa shape index (κ1) is 19.1. The summed E-state index contributed by atoms with van der Waals surface area (Å²) >= 11 is 0. The Bertz CT molecular complexity index is 553. The van der Waals surface area contributed by atoms with Crippen LogP contribution in [0.2, 0.25) is 0 Å². The summed E-state index contributed by atoms with van der Waals surface area (Å²) in [5, 5.41) is 2.97. The van der Waals surface area contributed by atoms with Crippen molar-refractivity contribution in [3.63, 3.8) is 0 Å². The van der Waals surface area contributed by atoms with Crippen LogP contribution in [0.1, 0.15) is 19.8 Å². The zero-order chi connectivity index (χ0) is 18.1. The van der Waals surface area contributed by atoms with E-state index in [-0.39, 0.29) is 18.2 Å². The van der Waals surface area contributed by atoms with Crippen molar-refractivity contribution in [2.24, 2.45) is 0 Å². The smallest absolute Gasteiger partial charge is 0.410 e. The molecule has 1 unspecified atom stereocenters. The molecule has 1 aliphatic heterocycles. The summed E-state index contributed by atoms with van der Waals surface area (Å²) in [5.74, 6) is 0.526. The third-order valence-corrected chi connectivity index (χ3v) is 4.11. The van der Waals surface area contributed by atoms with Crippen LogP contribution in [0, 0.1) is 0 Å². The van der Waals surface area contributed by atoms with Crippen molar-refractivity contribution in [1.29, 1.82) is 0 Å². The highest BCUT2D eigenvalue weighted by atomic mass is 16.6. The number of carbonyl (C=O) groups excluding carboxylic acids is 2. The third-order valence-electron chi connectivity index (χ3n) is 4.11. The molecule has 7 heteroatoms. The highest BCUT2D eigenvalue weighted by Gasteiger charge is 2.23. The second kappa shape index (κ2) is 9.88. The molecule has 7 nitrogen and oxygen atoms in total. The van der Waals surface area contributed by atoms with Gasteiger partial charge in [0.25, 0.3) is 0 Å². The second-order valence-corrected chi connectivity index (χ2v) is 6.14. The van der Waals surface area contributed by atoms with Crippen LogP contribution in [-0.4, -0.2) is 67.9 Å². The lowest BCUT2D eigenvalue weighted by molar-refractivity contribution is 0.152. The van der Waals surface area contributed by atoms with Crippen molar-refractivity contribution < 1.29 is 19.1 Å². The summed E-state index contributed by atoms with van der Waals surface area (Å²) in [7, 11) is 1.65. The number of carbonyl (C=O) groups is 2. The Morgan fingerprint density at radius 1 is 1.12 bits per heavy atom. The normalized spacial score (nSPS) is 16.1. The number of methoxy groups -OCH3 is 1. The van der Waals surface area contributed by atoms with E-state index in [1.807, 2.05) is 25.1 Å². The lowest BCUT2D eigenvalue weighted by atomic mass is 10.2. The van der Waals surface area contributed by atoms with E-state index in [4.69, 9.17) is 9.47 Å². The van der Waals surface area contributed by atoms with Crippen molar-refractivity contribution in [3.05, 3.63) is 30.3 Å². The number of hydrogen-bond donors (Lipinski definition) is 1. The molecule has 1 heterocycles. The Balaban J connectivity index is 1.80.